The highest BCUT2D eigenvalue weighted by atomic mass is 15.1. The summed E-state index contributed by atoms with van der Waals surface area (Å²) in [5.74, 6) is 2.05. The van der Waals surface area contributed by atoms with Crippen molar-refractivity contribution in [2.75, 3.05) is 0 Å². The van der Waals surface area contributed by atoms with E-state index in [1.54, 1.807) is 0 Å². The number of fused-ring (bicyclic) bond motifs is 3. The zero-order chi connectivity index (χ0) is 28.2. The van der Waals surface area contributed by atoms with Gasteiger partial charge in [0.25, 0.3) is 0 Å². The van der Waals surface area contributed by atoms with Crippen molar-refractivity contribution in [1.29, 1.82) is 0 Å². The van der Waals surface area contributed by atoms with Gasteiger partial charge in [-0.15, -0.1) is 0 Å². The molecule has 8 rings (SSSR count). The van der Waals surface area contributed by atoms with Gasteiger partial charge in [0.1, 0.15) is 11.6 Å². The minimum atomic E-state index is 1.01. The molecule has 0 saturated carbocycles. The van der Waals surface area contributed by atoms with Gasteiger partial charge < -0.3 is 9.13 Å². The van der Waals surface area contributed by atoms with Gasteiger partial charge in [-0.1, -0.05) is 84.9 Å². The molecule has 0 N–H and O–H groups in total. The summed E-state index contributed by atoms with van der Waals surface area (Å²) in [4.78, 5) is 9.98. The van der Waals surface area contributed by atoms with Crippen molar-refractivity contribution in [2.24, 2.45) is 14.1 Å². The van der Waals surface area contributed by atoms with Crippen LogP contribution in [0.25, 0.3) is 68.0 Å². The fraction of sp³-hybridized carbons (Fsp3) is 0.158. The molecule has 42 heavy (non-hydrogen) atoms. The quantitative estimate of drug-likeness (QED) is 0.222. The van der Waals surface area contributed by atoms with Crippen molar-refractivity contribution in [3.05, 3.63) is 120 Å². The summed E-state index contributed by atoms with van der Waals surface area (Å²) in [5, 5.41) is 2.49. The lowest BCUT2D eigenvalue weighted by molar-refractivity contribution is 0.891. The third kappa shape index (κ3) is 4.06. The monoisotopic (exact) mass is 544 g/mol. The summed E-state index contributed by atoms with van der Waals surface area (Å²) in [5.41, 5.74) is 12.0. The largest absolute Gasteiger partial charge is 0.327 e. The molecular formula is C38H32N4. The average Bonchev–Trinajstić information content (AvgIpc) is 3.57. The first kappa shape index (κ1) is 24.8. The molecule has 2 heterocycles. The minimum absolute atomic E-state index is 1.01. The van der Waals surface area contributed by atoms with Crippen LogP contribution >= 0.6 is 0 Å². The van der Waals surface area contributed by atoms with Crippen LogP contribution in [-0.4, -0.2) is 19.1 Å². The molecule has 2 aromatic heterocycles. The summed E-state index contributed by atoms with van der Waals surface area (Å²) in [6.07, 6.45) is 13.0. The number of imidazole rings is 2. The van der Waals surface area contributed by atoms with Crippen molar-refractivity contribution in [2.45, 2.75) is 25.7 Å². The van der Waals surface area contributed by atoms with Crippen LogP contribution < -0.4 is 0 Å². The van der Waals surface area contributed by atoms with E-state index in [1.165, 1.54) is 55.8 Å². The molecule has 0 saturated heterocycles. The Bertz CT molecular complexity index is 1880. The Labute approximate surface area is 246 Å². The molecule has 0 amide bonds. The van der Waals surface area contributed by atoms with Crippen LogP contribution in [0, 0.1) is 0 Å². The number of hydrogen-bond donors (Lipinski definition) is 0. The van der Waals surface area contributed by atoms with Gasteiger partial charge >= 0.3 is 0 Å². The molecule has 0 radical (unpaired) electrons. The van der Waals surface area contributed by atoms with Gasteiger partial charge in [0.2, 0.25) is 0 Å². The second-order valence-corrected chi connectivity index (χ2v) is 11.4. The summed E-state index contributed by atoms with van der Waals surface area (Å²) < 4.78 is 4.44. The third-order valence-corrected chi connectivity index (χ3v) is 8.87. The van der Waals surface area contributed by atoms with Crippen LogP contribution in [0.1, 0.15) is 35.6 Å². The standard InChI is InChI=1S/C38H32N4/c1-41-35-13-7-5-11-33(35)39-37(41)27-19-15-25(16-20-27)31-23-29-9-3-4-10-30(29)24-32(31)26-17-21-28(22-18-26)38-40-34-12-6-8-14-36(34)42(38)2/h3-4,7-10,13-24H,5-6,11-12H2,1-2H3. The molecule has 204 valence electrons. The van der Waals surface area contributed by atoms with E-state index in [0.29, 0.717) is 0 Å². The molecule has 0 aliphatic heterocycles. The Morgan fingerprint density at radius 2 is 0.929 bits per heavy atom. The van der Waals surface area contributed by atoms with Gasteiger partial charge in [0, 0.05) is 25.2 Å². The maximum absolute atomic E-state index is 4.99. The fourth-order valence-electron chi connectivity index (χ4n) is 6.58. The van der Waals surface area contributed by atoms with E-state index in [-0.39, 0.29) is 0 Å². The highest BCUT2D eigenvalue weighted by molar-refractivity contribution is 5.96. The van der Waals surface area contributed by atoms with E-state index in [2.05, 4.69) is 132 Å². The molecule has 2 aliphatic rings. The molecule has 0 unspecified atom stereocenters. The van der Waals surface area contributed by atoms with Gasteiger partial charge in [-0.25, -0.2) is 9.97 Å². The molecule has 4 aromatic carbocycles. The molecular weight excluding hydrogens is 512 g/mol. The lowest BCUT2D eigenvalue weighted by atomic mass is 9.90. The van der Waals surface area contributed by atoms with E-state index >= 15 is 0 Å². The smallest absolute Gasteiger partial charge is 0.140 e. The number of nitrogens with zero attached hydrogens (tertiary/aromatic N) is 4. The van der Waals surface area contributed by atoms with Crippen LogP contribution in [0.15, 0.2) is 97.1 Å². The van der Waals surface area contributed by atoms with E-state index < -0.39 is 0 Å². The van der Waals surface area contributed by atoms with E-state index in [0.717, 1.165) is 48.5 Å². The molecule has 0 atom stereocenters. The van der Waals surface area contributed by atoms with Gasteiger partial charge in [-0.2, -0.15) is 0 Å². The molecule has 0 fully saturated rings. The maximum Gasteiger partial charge on any atom is 0.140 e. The number of aryl methyl sites for hydroxylation is 2. The van der Waals surface area contributed by atoms with Crippen LogP contribution in [0.3, 0.4) is 0 Å². The average molecular weight is 545 g/mol. The van der Waals surface area contributed by atoms with Crippen molar-refractivity contribution in [3.63, 3.8) is 0 Å². The van der Waals surface area contributed by atoms with E-state index in [4.69, 9.17) is 9.97 Å². The van der Waals surface area contributed by atoms with Crippen LogP contribution in [-0.2, 0) is 26.9 Å². The van der Waals surface area contributed by atoms with Crippen molar-refractivity contribution >= 4 is 22.9 Å². The predicted molar refractivity (Wildman–Crippen MR) is 174 cm³/mol. The second-order valence-electron chi connectivity index (χ2n) is 11.4. The van der Waals surface area contributed by atoms with Gasteiger partial charge in [-0.05, 0) is 83.0 Å². The normalized spacial score (nSPS) is 13.9. The molecule has 0 spiro atoms. The van der Waals surface area contributed by atoms with E-state index in [9.17, 15) is 0 Å². The number of benzene rings is 4. The summed E-state index contributed by atoms with van der Waals surface area (Å²) in [7, 11) is 4.24. The SMILES string of the molecule is Cn1c(-c2ccc(-c3cc4ccccc4cc3-c3ccc(-c4nc5c(n4C)C=CCC5)cc3)cc2)nc2c1C=CCC2. The zero-order valence-electron chi connectivity index (χ0n) is 24.0. The summed E-state index contributed by atoms with van der Waals surface area (Å²) >= 11 is 0. The molecule has 0 bridgehead atoms. The molecule has 2 aliphatic carbocycles. The lowest BCUT2D eigenvalue weighted by Gasteiger charge is -2.14. The molecule has 4 heteroatoms. The van der Waals surface area contributed by atoms with Gasteiger partial charge in [0.15, 0.2) is 0 Å². The number of hydrogen-bond acceptors (Lipinski definition) is 2. The maximum atomic E-state index is 4.99. The highest BCUT2D eigenvalue weighted by Crippen LogP contribution is 2.38. The second kappa shape index (κ2) is 9.85. The summed E-state index contributed by atoms with van der Waals surface area (Å²) in [6.45, 7) is 0. The van der Waals surface area contributed by atoms with Crippen LogP contribution in [0.5, 0.6) is 0 Å². The van der Waals surface area contributed by atoms with Crippen molar-refractivity contribution in [3.8, 4) is 45.0 Å². The predicted octanol–water partition coefficient (Wildman–Crippen LogP) is 8.89. The fourth-order valence-corrected chi connectivity index (χ4v) is 6.58. The van der Waals surface area contributed by atoms with Crippen molar-refractivity contribution in [1.82, 2.24) is 19.1 Å². The Morgan fingerprint density at radius 3 is 1.33 bits per heavy atom. The number of rotatable bonds is 4. The van der Waals surface area contributed by atoms with Crippen LogP contribution in [0.2, 0.25) is 0 Å². The Hall–Kier alpha value is -4.96. The van der Waals surface area contributed by atoms with Crippen molar-refractivity contribution < 1.29 is 0 Å². The minimum Gasteiger partial charge on any atom is -0.327 e. The highest BCUT2D eigenvalue weighted by Gasteiger charge is 2.18. The van der Waals surface area contributed by atoms with Crippen LogP contribution in [0.4, 0.5) is 0 Å². The Morgan fingerprint density at radius 1 is 0.524 bits per heavy atom. The number of allylic oxidation sites excluding steroid dienone is 2. The topological polar surface area (TPSA) is 35.6 Å². The number of aromatic nitrogens is 4. The third-order valence-electron chi connectivity index (χ3n) is 8.87. The first-order valence-electron chi connectivity index (χ1n) is 14.8. The van der Waals surface area contributed by atoms with Gasteiger partial charge in [-0.3, -0.25) is 0 Å². The zero-order valence-corrected chi connectivity index (χ0v) is 24.0. The molecule has 4 nitrogen and oxygen atoms in total. The lowest BCUT2D eigenvalue weighted by Crippen LogP contribution is -1.98. The first-order valence-corrected chi connectivity index (χ1v) is 14.8. The van der Waals surface area contributed by atoms with Gasteiger partial charge in [0.05, 0.1) is 22.8 Å². The molecule has 6 aromatic rings. The summed E-state index contributed by atoms with van der Waals surface area (Å²) in [6, 6.07) is 31.1. The first-order chi connectivity index (χ1) is 20.6. The Kier molecular flexibility index (Phi) is 5.81. The Balaban J connectivity index is 1.19. The van der Waals surface area contributed by atoms with E-state index in [1.807, 2.05) is 0 Å².